The number of nitrogen functional groups attached to an aromatic ring is 1. The van der Waals surface area contributed by atoms with Gasteiger partial charge in [-0.2, -0.15) is 0 Å². The average Bonchev–Trinajstić information content (AvgIpc) is 2.89. The highest BCUT2D eigenvalue weighted by atomic mass is 32.1. The van der Waals surface area contributed by atoms with Gasteiger partial charge < -0.3 is 20.3 Å². The van der Waals surface area contributed by atoms with Gasteiger partial charge in [0.05, 0.1) is 5.39 Å². The number of carbonyl (C=O) groups is 2. The van der Waals surface area contributed by atoms with Crippen molar-refractivity contribution in [3.8, 4) is 0 Å². The summed E-state index contributed by atoms with van der Waals surface area (Å²) in [7, 11) is 0. The molecule has 9 nitrogen and oxygen atoms in total. The fraction of sp³-hybridized carbons (Fsp3) is 0.556. The number of amides is 2. The molecule has 0 unspecified atom stereocenters. The molecule has 0 bridgehead atoms. The number of aromatic nitrogens is 2. The molecule has 0 spiro atoms. The quantitative estimate of drug-likeness (QED) is 0.806. The molecule has 2 N–H and O–H groups in total. The first-order valence-electron chi connectivity index (χ1n) is 9.08. The molecular weight excluding hydrogens is 382 g/mol. The molecule has 10 heteroatoms. The maximum Gasteiger partial charge on any atom is 0.410 e. The van der Waals surface area contributed by atoms with Crippen molar-refractivity contribution < 1.29 is 14.3 Å². The van der Waals surface area contributed by atoms with E-state index in [1.165, 1.54) is 3.96 Å². The number of pyridine rings is 1. The van der Waals surface area contributed by atoms with Gasteiger partial charge in [0.25, 0.3) is 5.56 Å². The fourth-order valence-corrected chi connectivity index (χ4v) is 4.10. The molecule has 1 aliphatic heterocycles. The Morgan fingerprint density at radius 3 is 2.43 bits per heavy atom. The summed E-state index contributed by atoms with van der Waals surface area (Å²) in [5.74, 6) is 0.186. The number of aryl methyl sites for hydroxylation is 1. The van der Waals surface area contributed by atoms with Crippen LogP contribution in [-0.4, -0.2) is 62.5 Å². The Hall–Kier alpha value is -2.62. The highest BCUT2D eigenvalue weighted by Gasteiger charge is 2.28. The first kappa shape index (κ1) is 20.1. The molecule has 2 aromatic heterocycles. The molecule has 28 heavy (non-hydrogen) atoms. The lowest BCUT2D eigenvalue weighted by Gasteiger charge is -2.35. The van der Waals surface area contributed by atoms with Gasteiger partial charge in [-0.15, -0.1) is 0 Å². The van der Waals surface area contributed by atoms with Crippen LogP contribution in [0.5, 0.6) is 0 Å². The van der Waals surface area contributed by atoms with Gasteiger partial charge in [0.15, 0.2) is 0 Å². The van der Waals surface area contributed by atoms with E-state index in [1.54, 1.807) is 22.8 Å². The summed E-state index contributed by atoms with van der Waals surface area (Å²) in [5, 5.41) is 0.502. The first-order valence-corrected chi connectivity index (χ1v) is 9.85. The molecule has 0 aliphatic carbocycles. The van der Waals surface area contributed by atoms with Crippen LogP contribution in [0.15, 0.2) is 10.9 Å². The van der Waals surface area contributed by atoms with E-state index in [-0.39, 0.29) is 24.1 Å². The van der Waals surface area contributed by atoms with Crippen LogP contribution in [0.1, 0.15) is 26.3 Å². The molecule has 1 aliphatic rings. The second kappa shape index (κ2) is 7.42. The smallest absolute Gasteiger partial charge is 0.410 e. The SMILES string of the molecule is Cc1cc(N)nc2sn(CC(=O)N3CCN(C(=O)OC(C)(C)C)CC3)c(=O)c12. The van der Waals surface area contributed by atoms with Crippen LogP contribution < -0.4 is 11.3 Å². The zero-order valence-corrected chi connectivity index (χ0v) is 17.3. The van der Waals surface area contributed by atoms with Gasteiger partial charge in [-0.1, -0.05) is 0 Å². The summed E-state index contributed by atoms with van der Waals surface area (Å²) in [5.41, 5.74) is 5.71. The minimum absolute atomic E-state index is 0.0500. The van der Waals surface area contributed by atoms with Crippen LogP contribution in [0.3, 0.4) is 0 Å². The van der Waals surface area contributed by atoms with E-state index >= 15 is 0 Å². The Kier molecular flexibility index (Phi) is 5.33. The summed E-state index contributed by atoms with van der Waals surface area (Å²) in [4.78, 5) is 45.4. The highest BCUT2D eigenvalue weighted by Crippen LogP contribution is 2.20. The Morgan fingerprint density at radius 1 is 1.21 bits per heavy atom. The predicted octanol–water partition coefficient (Wildman–Crippen LogP) is 1.43. The minimum Gasteiger partial charge on any atom is -0.444 e. The third kappa shape index (κ3) is 4.27. The Labute approximate surface area is 166 Å². The molecule has 2 aromatic rings. The molecule has 0 atom stereocenters. The average molecular weight is 407 g/mol. The number of rotatable bonds is 2. The van der Waals surface area contributed by atoms with Gasteiger partial charge in [-0.25, -0.2) is 9.78 Å². The van der Waals surface area contributed by atoms with Gasteiger partial charge in [0.2, 0.25) is 5.91 Å². The standard InChI is InChI=1S/C18H25N5O4S/c1-11-9-12(19)20-15-14(11)16(25)23(28-15)10-13(24)21-5-7-22(8-6-21)17(26)27-18(2,3)4/h9H,5-8,10H2,1-4H3,(H2,19,20). The Morgan fingerprint density at radius 2 is 1.82 bits per heavy atom. The van der Waals surface area contributed by atoms with Crippen LogP contribution in [0, 0.1) is 6.92 Å². The number of nitrogens with two attached hydrogens (primary N) is 1. The van der Waals surface area contributed by atoms with Gasteiger partial charge in [0, 0.05) is 26.2 Å². The second-order valence-corrected chi connectivity index (χ2v) is 8.84. The van der Waals surface area contributed by atoms with Crippen LogP contribution in [-0.2, 0) is 16.1 Å². The zero-order chi connectivity index (χ0) is 20.6. The number of hydrogen-bond acceptors (Lipinski definition) is 7. The number of carbonyl (C=O) groups excluding carboxylic acids is 2. The van der Waals surface area contributed by atoms with Crippen LogP contribution in [0.25, 0.3) is 10.2 Å². The van der Waals surface area contributed by atoms with Crippen molar-refractivity contribution in [2.45, 2.75) is 39.8 Å². The van der Waals surface area contributed by atoms with E-state index < -0.39 is 5.60 Å². The largest absolute Gasteiger partial charge is 0.444 e. The molecule has 3 heterocycles. The summed E-state index contributed by atoms with van der Waals surface area (Å²) < 4.78 is 6.77. The van der Waals surface area contributed by atoms with Crippen LogP contribution in [0.4, 0.5) is 10.6 Å². The number of nitrogens with zero attached hydrogens (tertiary/aromatic N) is 4. The van der Waals surface area contributed by atoms with E-state index in [9.17, 15) is 14.4 Å². The highest BCUT2D eigenvalue weighted by molar-refractivity contribution is 7.13. The molecule has 2 amide bonds. The lowest BCUT2D eigenvalue weighted by atomic mass is 10.2. The topological polar surface area (TPSA) is 111 Å². The van der Waals surface area contributed by atoms with Crippen molar-refractivity contribution in [1.82, 2.24) is 18.7 Å². The Bertz CT molecular complexity index is 967. The maximum atomic E-state index is 12.6. The van der Waals surface area contributed by atoms with E-state index in [4.69, 9.17) is 10.5 Å². The molecule has 0 radical (unpaired) electrons. The van der Waals surface area contributed by atoms with E-state index in [0.29, 0.717) is 42.2 Å². The molecule has 0 aromatic carbocycles. The maximum absolute atomic E-state index is 12.6. The van der Waals surface area contributed by atoms with E-state index in [1.807, 2.05) is 20.8 Å². The molecule has 3 rings (SSSR count). The number of fused-ring (bicyclic) bond motifs is 1. The summed E-state index contributed by atoms with van der Waals surface area (Å²) in [6.45, 7) is 8.82. The monoisotopic (exact) mass is 407 g/mol. The lowest BCUT2D eigenvalue weighted by Crippen LogP contribution is -2.52. The third-order valence-corrected chi connectivity index (χ3v) is 5.39. The van der Waals surface area contributed by atoms with Crippen molar-refractivity contribution in [3.05, 3.63) is 22.0 Å². The second-order valence-electron chi connectivity index (χ2n) is 7.83. The minimum atomic E-state index is -0.554. The summed E-state index contributed by atoms with van der Waals surface area (Å²) in [6.07, 6.45) is -0.375. The van der Waals surface area contributed by atoms with Crippen LogP contribution >= 0.6 is 11.5 Å². The summed E-state index contributed by atoms with van der Waals surface area (Å²) >= 11 is 1.14. The molecule has 152 valence electrons. The number of ether oxygens (including phenoxy) is 1. The number of piperazine rings is 1. The molecular formula is C18H25N5O4S. The van der Waals surface area contributed by atoms with Gasteiger partial charge in [-0.3, -0.25) is 13.5 Å². The molecule has 1 fully saturated rings. The zero-order valence-electron chi connectivity index (χ0n) is 16.5. The van der Waals surface area contributed by atoms with Crippen molar-refractivity contribution in [2.75, 3.05) is 31.9 Å². The lowest BCUT2D eigenvalue weighted by molar-refractivity contribution is -0.133. The predicted molar refractivity (Wildman–Crippen MR) is 107 cm³/mol. The Balaban J connectivity index is 1.65. The van der Waals surface area contributed by atoms with E-state index in [0.717, 1.165) is 17.1 Å². The number of anilines is 1. The van der Waals surface area contributed by atoms with Gasteiger partial charge >= 0.3 is 6.09 Å². The van der Waals surface area contributed by atoms with Crippen molar-refractivity contribution in [2.24, 2.45) is 0 Å². The van der Waals surface area contributed by atoms with Crippen molar-refractivity contribution in [1.29, 1.82) is 0 Å². The van der Waals surface area contributed by atoms with Crippen molar-refractivity contribution >= 4 is 39.6 Å². The first-order chi connectivity index (χ1) is 13.0. The summed E-state index contributed by atoms with van der Waals surface area (Å²) in [6, 6.07) is 1.65. The number of hydrogen-bond donors (Lipinski definition) is 1. The van der Waals surface area contributed by atoms with E-state index in [2.05, 4.69) is 4.98 Å². The van der Waals surface area contributed by atoms with Crippen LogP contribution in [0.2, 0.25) is 0 Å². The molecule has 0 saturated carbocycles. The molecule has 1 saturated heterocycles. The van der Waals surface area contributed by atoms with Crippen molar-refractivity contribution in [3.63, 3.8) is 0 Å². The van der Waals surface area contributed by atoms with Gasteiger partial charge in [-0.05, 0) is 50.9 Å². The normalized spacial score (nSPS) is 15.1. The third-order valence-electron chi connectivity index (χ3n) is 4.40. The van der Waals surface area contributed by atoms with Gasteiger partial charge in [0.1, 0.15) is 22.8 Å². The fourth-order valence-electron chi connectivity index (χ4n) is 3.06.